The molecule has 1 aromatic rings. The van der Waals surface area contributed by atoms with Crippen molar-refractivity contribution in [3.63, 3.8) is 0 Å². The minimum absolute atomic E-state index is 0.0330. The standard InChI is InChI=1S/C14H19FN2O2/c1-9(12-8-10(15)2-5-13(12)18)16-7-6-14(19)17-11-3-4-11/h2,5,8-9,11,16,18H,3-4,6-7H2,1H3,(H,17,19). The van der Waals surface area contributed by atoms with E-state index in [9.17, 15) is 14.3 Å². The quantitative estimate of drug-likeness (QED) is 0.736. The van der Waals surface area contributed by atoms with E-state index in [-0.39, 0.29) is 23.5 Å². The lowest BCUT2D eigenvalue weighted by molar-refractivity contribution is -0.121. The summed E-state index contributed by atoms with van der Waals surface area (Å²) >= 11 is 0. The molecular formula is C14H19FN2O2. The predicted molar refractivity (Wildman–Crippen MR) is 70.3 cm³/mol. The Labute approximate surface area is 112 Å². The van der Waals surface area contributed by atoms with Gasteiger partial charge in [0.05, 0.1) is 0 Å². The van der Waals surface area contributed by atoms with E-state index in [1.165, 1.54) is 18.2 Å². The average molecular weight is 266 g/mol. The van der Waals surface area contributed by atoms with Gasteiger partial charge in [0, 0.05) is 30.6 Å². The van der Waals surface area contributed by atoms with Crippen molar-refractivity contribution < 1.29 is 14.3 Å². The first-order chi connectivity index (χ1) is 9.06. The first-order valence-electron chi connectivity index (χ1n) is 6.57. The van der Waals surface area contributed by atoms with Crippen LogP contribution in [-0.4, -0.2) is 23.6 Å². The van der Waals surface area contributed by atoms with Gasteiger partial charge in [-0.3, -0.25) is 4.79 Å². The number of rotatable bonds is 6. The van der Waals surface area contributed by atoms with Crippen LogP contribution in [0.5, 0.6) is 5.75 Å². The van der Waals surface area contributed by atoms with E-state index in [1.807, 2.05) is 6.92 Å². The molecule has 0 saturated heterocycles. The zero-order valence-corrected chi connectivity index (χ0v) is 10.9. The number of carbonyl (C=O) groups is 1. The molecule has 0 bridgehead atoms. The minimum Gasteiger partial charge on any atom is -0.508 e. The third-order valence-electron chi connectivity index (χ3n) is 3.20. The largest absolute Gasteiger partial charge is 0.508 e. The highest BCUT2D eigenvalue weighted by atomic mass is 19.1. The van der Waals surface area contributed by atoms with Crippen LogP contribution in [-0.2, 0) is 4.79 Å². The van der Waals surface area contributed by atoms with Crippen molar-refractivity contribution in [2.75, 3.05) is 6.54 Å². The summed E-state index contributed by atoms with van der Waals surface area (Å²) in [4.78, 5) is 11.5. The van der Waals surface area contributed by atoms with Gasteiger partial charge in [0.2, 0.25) is 5.91 Å². The molecule has 1 saturated carbocycles. The fourth-order valence-electron chi connectivity index (χ4n) is 1.91. The maximum atomic E-state index is 13.1. The average Bonchev–Trinajstić information content (AvgIpc) is 3.16. The van der Waals surface area contributed by atoms with Gasteiger partial charge < -0.3 is 15.7 Å². The van der Waals surface area contributed by atoms with Gasteiger partial charge in [-0.1, -0.05) is 0 Å². The Morgan fingerprint density at radius 2 is 2.26 bits per heavy atom. The van der Waals surface area contributed by atoms with Gasteiger partial charge in [0.25, 0.3) is 0 Å². The molecule has 0 aromatic heterocycles. The number of hydrogen-bond donors (Lipinski definition) is 3. The molecule has 1 unspecified atom stereocenters. The number of aromatic hydroxyl groups is 1. The Morgan fingerprint density at radius 1 is 1.53 bits per heavy atom. The van der Waals surface area contributed by atoms with Crippen LogP contribution in [0.3, 0.4) is 0 Å². The first-order valence-corrected chi connectivity index (χ1v) is 6.57. The van der Waals surface area contributed by atoms with Crippen LogP contribution in [0.25, 0.3) is 0 Å². The van der Waals surface area contributed by atoms with Crippen molar-refractivity contribution in [2.24, 2.45) is 0 Å². The second-order valence-corrected chi connectivity index (χ2v) is 4.97. The maximum Gasteiger partial charge on any atom is 0.221 e. The van der Waals surface area contributed by atoms with E-state index in [0.717, 1.165) is 12.8 Å². The summed E-state index contributed by atoms with van der Waals surface area (Å²) in [5.74, 6) is -0.289. The summed E-state index contributed by atoms with van der Waals surface area (Å²) in [6, 6.07) is 4.02. The molecule has 1 aromatic carbocycles. The molecule has 19 heavy (non-hydrogen) atoms. The third-order valence-corrected chi connectivity index (χ3v) is 3.20. The summed E-state index contributed by atoms with van der Waals surface area (Å²) in [7, 11) is 0. The minimum atomic E-state index is -0.382. The van der Waals surface area contributed by atoms with Crippen molar-refractivity contribution in [1.29, 1.82) is 0 Å². The number of phenolic OH excluding ortho intramolecular Hbond substituents is 1. The fraction of sp³-hybridized carbons (Fsp3) is 0.500. The second kappa shape index (κ2) is 6.02. The molecule has 5 heteroatoms. The number of carbonyl (C=O) groups excluding carboxylic acids is 1. The normalized spacial score (nSPS) is 16.1. The Kier molecular flexibility index (Phi) is 4.37. The number of nitrogens with one attached hydrogen (secondary N) is 2. The third kappa shape index (κ3) is 4.21. The lowest BCUT2D eigenvalue weighted by Crippen LogP contribution is -2.30. The van der Waals surface area contributed by atoms with Gasteiger partial charge in [-0.05, 0) is 38.0 Å². The van der Waals surface area contributed by atoms with Gasteiger partial charge in [-0.25, -0.2) is 4.39 Å². The van der Waals surface area contributed by atoms with Crippen molar-refractivity contribution >= 4 is 5.91 Å². The number of hydrogen-bond acceptors (Lipinski definition) is 3. The lowest BCUT2D eigenvalue weighted by atomic mass is 10.1. The maximum absolute atomic E-state index is 13.1. The van der Waals surface area contributed by atoms with Crippen molar-refractivity contribution in [1.82, 2.24) is 10.6 Å². The van der Waals surface area contributed by atoms with Crippen molar-refractivity contribution in [2.45, 2.75) is 38.3 Å². The van der Waals surface area contributed by atoms with Gasteiger partial charge in [0.1, 0.15) is 11.6 Å². The van der Waals surface area contributed by atoms with E-state index in [4.69, 9.17) is 0 Å². The SMILES string of the molecule is CC(NCCC(=O)NC1CC1)c1cc(F)ccc1O. The van der Waals surface area contributed by atoms with Gasteiger partial charge in [-0.15, -0.1) is 0 Å². The van der Waals surface area contributed by atoms with E-state index in [2.05, 4.69) is 10.6 Å². The first kappa shape index (κ1) is 13.8. The highest BCUT2D eigenvalue weighted by Gasteiger charge is 2.22. The zero-order valence-electron chi connectivity index (χ0n) is 10.9. The van der Waals surface area contributed by atoms with Crippen LogP contribution in [0.2, 0.25) is 0 Å². The second-order valence-electron chi connectivity index (χ2n) is 4.97. The van der Waals surface area contributed by atoms with Crippen LogP contribution in [0, 0.1) is 5.82 Å². The lowest BCUT2D eigenvalue weighted by Gasteiger charge is -2.15. The summed E-state index contributed by atoms with van der Waals surface area (Å²) in [5, 5.41) is 15.7. The molecule has 0 spiro atoms. The van der Waals surface area contributed by atoms with E-state index >= 15 is 0 Å². The topological polar surface area (TPSA) is 61.4 Å². The fourth-order valence-corrected chi connectivity index (χ4v) is 1.91. The molecule has 1 amide bonds. The van der Waals surface area contributed by atoms with Crippen LogP contribution in [0.4, 0.5) is 4.39 Å². The van der Waals surface area contributed by atoms with Gasteiger partial charge >= 0.3 is 0 Å². The van der Waals surface area contributed by atoms with E-state index < -0.39 is 0 Å². The zero-order chi connectivity index (χ0) is 13.8. The summed E-state index contributed by atoms with van der Waals surface area (Å²) < 4.78 is 13.1. The van der Waals surface area contributed by atoms with Crippen LogP contribution < -0.4 is 10.6 Å². The molecule has 0 heterocycles. The molecule has 104 valence electrons. The number of phenols is 1. The molecule has 1 aliphatic rings. The van der Waals surface area contributed by atoms with E-state index in [0.29, 0.717) is 24.6 Å². The van der Waals surface area contributed by atoms with Crippen LogP contribution in [0.15, 0.2) is 18.2 Å². The van der Waals surface area contributed by atoms with Gasteiger partial charge in [0.15, 0.2) is 0 Å². The molecule has 1 atom stereocenters. The molecule has 1 aliphatic carbocycles. The molecule has 3 N–H and O–H groups in total. The predicted octanol–water partition coefficient (Wildman–Crippen LogP) is 1.85. The Balaban J connectivity index is 1.78. The van der Waals surface area contributed by atoms with Gasteiger partial charge in [-0.2, -0.15) is 0 Å². The molecule has 0 aliphatic heterocycles. The molecule has 1 fully saturated rings. The summed E-state index contributed by atoms with van der Waals surface area (Å²) in [5.41, 5.74) is 0.502. The van der Waals surface area contributed by atoms with E-state index in [1.54, 1.807) is 0 Å². The number of benzene rings is 1. The van der Waals surface area contributed by atoms with Crippen LogP contribution >= 0.6 is 0 Å². The summed E-state index contributed by atoms with van der Waals surface area (Å²) in [6.07, 6.45) is 2.54. The van der Waals surface area contributed by atoms with Crippen molar-refractivity contribution in [3.8, 4) is 5.75 Å². The Hall–Kier alpha value is -1.62. The molecule has 4 nitrogen and oxygen atoms in total. The van der Waals surface area contributed by atoms with Crippen LogP contribution in [0.1, 0.15) is 37.8 Å². The highest BCUT2D eigenvalue weighted by Crippen LogP contribution is 2.24. The van der Waals surface area contributed by atoms with Crippen molar-refractivity contribution in [3.05, 3.63) is 29.6 Å². The smallest absolute Gasteiger partial charge is 0.221 e. The molecule has 0 radical (unpaired) electrons. The Morgan fingerprint density at radius 3 is 2.95 bits per heavy atom. The molecule has 2 rings (SSSR count). The Bertz CT molecular complexity index is 461. The summed E-state index contributed by atoms with van der Waals surface area (Å²) in [6.45, 7) is 2.32. The number of amides is 1. The highest BCUT2D eigenvalue weighted by molar-refractivity contribution is 5.76. The molecular weight excluding hydrogens is 247 g/mol. The number of halogens is 1. The monoisotopic (exact) mass is 266 g/mol.